The summed E-state index contributed by atoms with van der Waals surface area (Å²) in [5, 5.41) is 9.74. The van der Waals surface area contributed by atoms with E-state index < -0.39 is 42.2 Å². The van der Waals surface area contributed by atoms with Crippen LogP contribution in [0.3, 0.4) is 0 Å². The highest BCUT2D eigenvalue weighted by Crippen LogP contribution is 2.37. The van der Waals surface area contributed by atoms with Crippen LogP contribution in [0.25, 0.3) is 0 Å². The summed E-state index contributed by atoms with van der Waals surface area (Å²) in [6, 6.07) is 0.342. The van der Waals surface area contributed by atoms with Crippen molar-refractivity contribution in [1.29, 1.82) is 5.26 Å². The summed E-state index contributed by atoms with van der Waals surface area (Å²) in [6.45, 7) is 6.79. The molecule has 0 bridgehead atoms. The van der Waals surface area contributed by atoms with Crippen molar-refractivity contribution in [3.05, 3.63) is 34.9 Å². The predicted molar refractivity (Wildman–Crippen MR) is 112 cm³/mol. The van der Waals surface area contributed by atoms with E-state index in [0.717, 1.165) is 0 Å². The average molecular weight is 493 g/mol. The summed E-state index contributed by atoms with van der Waals surface area (Å²) in [7, 11) is 0. The zero-order valence-corrected chi connectivity index (χ0v) is 19.5. The molecule has 11 heteroatoms. The van der Waals surface area contributed by atoms with E-state index in [0.29, 0.717) is 37.8 Å². The summed E-state index contributed by atoms with van der Waals surface area (Å²) in [5.41, 5.74) is -3.09. The van der Waals surface area contributed by atoms with Crippen molar-refractivity contribution in [2.75, 3.05) is 0 Å². The Balaban J connectivity index is 2.34. The van der Waals surface area contributed by atoms with Crippen molar-refractivity contribution in [3.63, 3.8) is 0 Å². The van der Waals surface area contributed by atoms with Gasteiger partial charge in [0.1, 0.15) is 0 Å². The molecule has 1 saturated heterocycles. The zero-order valence-electron chi connectivity index (χ0n) is 19.5. The van der Waals surface area contributed by atoms with Crippen LogP contribution in [-0.4, -0.2) is 40.1 Å². The maximum atomic E-state index is 13.2. The van der Waals surface area contributed by atoms with Gasteiger partial charge in [0.25, 0.3) is 0 Å². The number of hydrogen-bond acceptors (Lipinski definition) is 4. The number of carbonyl (C=O) groups excluding carboxylic acids is 1. The molecule has 0 saturated carbocycles. The quantitative estimate of drug-likeness (QED) is 0.255. The number of ether oxygens (including phenoxy) is 1. The number of alkyl halides is 6. The number of likely N-dealkylation sites (tertiary alicyclic amines) is 1. The Bertz CT molecular complexity index is 848. The van der Waals surface area contributed by atoms with E-state index in [1.165, 1.54) is 4.90 Å². The molecule has 5 nitrogen and oxygen atoms in total. The molecule has 0 unspecified atom stereocenters. The average Bonchev–Trinajstić information content (AvgIpc) is 2.74. The smallest absolute Gasteiger partial charge is 0.416 e. The Labute approximate surface area is 195 Å². The molecule has 0 aliphatic carbocycles. The number of hydrogen-bond donors (Lipinski definition) is 0. The van der Waals surface area contributed by atoms with Crippen LogP contribution in [0.2, 0.25) is 0 Å². The van der Waals surface area contributed by atoms with E-state index in [1.54, 1.807) is 18.7 Å². The molecule has 1 fully saturated rings. The summed E-state index contributed by atoms with van der Waals surface area (Å²) in [4.78, 5) is 15.5. The van der Waals surface area contributed by atoms with Gasteiger partial charge < -0.3 is 14.5 Å². The molecule has 2 rings (SSSR count). The van der Waals surface area contributed by atoms with E-state index >= 15 is 0 Å². The summed E-state index contributed by atoms with van der Waals surface area (Å²) >= 11 is 0. The minimum atomic E-state index is -4.96. The van der Waals surface area contributed by atoms with Crippen LogP contribution in [0.1, 0.15) is 70.1 Å². The molecule has 0 aromatic heterocycles. The Morgan fingerprint density at radius 1 is 1.06 bits per heavy atom. The van der Waals surface area contributed by atoms with Gasteiger partial charge in [0.05, 0.1) is 23.8 Å². The van der Waals surface area contributed by atoms with Gasteiger partial charge in [-0.15, -0.1) is 0 Å². The van der Waals surface area contributed by atoms with Crippen molar-refractivity contribution in [2.24, 2.45) is 0 Å². The second-order valence-corrected chi connectivity index (χ2v) is 8.73. The number of nitrogens with zero attached hydrogens (tertiary/aromatic N) is 3. The highest BCUT2D eigenvalue weighted by atomic mass is 19.4. The molecule has 1 aliphatic rings. The van der Waals surface area contributed by atoms with Crippen molar-refractivity contribution < 1.29 is 35.9 Å². The van der Waals surface area contributed by atoms with Crippen molar-refractivity contribution in [1.82, 2.24) is 9.80 Å². The third kappa shape index (κ3) is 6.70. The molecule has 0 N–H and O–H groups in total. The van der Waals surface area contributed by atoms with Gasteiger partial charge in [-0.2, -0.15) is 31.6 Å². The second-order valence-electron chi connectivity index (χ2n) is 8.73. The van der Waals surface area contributed by atoms with Gasteiger partial charge in [0, 0.05) is 18.1 Å². The Hall–Kier alpha value is -2.64. The first-order valence-electron chi connectivity index (χ1n) is 11.1. The number of benzene rings is 1. The van der Waals surface area contributed by atoms with Gasteiger partial charge in [-0.05, 0) is 63.3 Å². The summed E-state index contributed by atoms with van der Waals surface area (Å²) in [6.07, 6.45) is -6.97. The fraction of sp³-hybridized carbons (Fsp3) is 0.652. The van der Waals surface area contributed by atoms with E-state index in [9.17, 15) is 36.4 Å². The van der Waals surface area contributed by atoms with Gasteiger partial charge in [-0.25, -0.2) is 4.79 Å². The van der Waals surface area contributed by atoms with Gasteiger partial charge >= 0.3 is 18.4 Å². The van der Waals surface area contributed by atoms with Crippen LogP contribution >= 0.6 is 0 Å². The SMILES string of the molecule is CC[C@@H]1C[C@H](N(C#N)Cc2cc(C(F)(F)F)cc(C(F)(F)F)c2)C[C@H](CC)N1C(=O)OC(C)C. The van der Waals surface area contributed by atoms with Crippen molar-refractivity contribution in [3.8, 4) is 6.19 Å². The molecular weight excluding hydrogens is 464 g/mol. The van der Waals surface area contributed by atoms with Crippen LogP contribution in [0.4, 0.5) is 31.1 Å². The van der Waals surface area contributed by atoms with Crippen LogP contribution < -0.4 is 0 Å². The molecule has 190 valence electrons. The lowest BCUT2D eigenvalue weighted by Gasteiger charge is -2.46. The lowest BCUT2D eigenvalue weighted by atomic mass is 9.88. The topological polar surface area (TPSA) is 56.6 Å². The maximum Gasteiger partial charge on any atom is 0.416 e. The van der Waals surface area contributed by atoms with Crippen molar-refractivity contribution in [2.45, 2.75) is 96.5 Å². The lowest BCUT2D eigenvalue weighted by molar-refractivity contribution is -0.143. The number of halogens is 6. The second kappa shape index (κ2) is 10.7. The first kappa shape index (κ1) is 27.6. The minimum absolute atomic E-state index is 0.0687. The normalized spacial score (nSPS) is 21.4. The van der Waals surface area contributed by atoms with Crippen LogP contribution in [0.15, 0.2) is 18.2 Å². The maximum absolute atomic E-state index is 13.2. The lowest BCUT2D eigenvalue weighted by Crippen LogP contribution is -2.56. The number of nitriles is 1. The molecule has 0 spiro atoms. The fourth-order valence-electron chi connectivity index (χ4n) is 4.34. The number of amides is 1. The van der Waals surface area contributed by atoms with Gasteiger partial charge in [-0.1, -0.05) is 13.8 Å². The molecule has 0 radical (unpaired) electrons. The monoisotopic (exact) mass is 493 g/mol. The third-order valence-electron chi connectivity index (χ3n) is 5.93. The molecule has 1 aromatic carbocycles. The van der Waals surface area contributed by atoms with E-state index in [4.69, 9.17) is 4.74 Å². The van der Waals surface area contributed by atoms with Gasteiger partial charge in [0.2, 0.25) is 0 Å². The Morgan fingerprint density at radius 2 is 1.53 bits per heavy atom. The number of carbonyl (C=O) groups is 1. The molecule has 1 aliphatic heterocycles. The van der Waals surface area contributed by atoms with Crippen LogP contribution in [0, 0.1) is 11.5 Å². The molecule has 1 heterocycles. The van der Waals surface area contributed by atoms with Crippen molar-refractivity contribution >= 4 is 6.09 Å². The number of piperidine rings is 1. The Kier molecular flexibility index (Phi) is 8.72. The standard InChI is InChI=1S/C23H29F6N3O2/c1-5-18-10-20(11-19(6-2)32(18)21(33)34-14(3)4)31(13-30)12-15-7-16(22(24,25)26)9-17(8-15)23(27,28)29/h7-9,14,18-20H,5-6,10-12H2,1-4H3/t18-,19+,20+. The first-order chi connectivity index (χ1) is 15.7. The first-order valence-corrected chi connectivity index (χ1v) is 11.1. The molecular formula is C23H29F6N3O2. The summed E-state index contributed by atoms with van der Waals surface area (Å²) < 4.78 is 84.7. The van der Waals surface area contributed by atoms with E-state index in [1.807, 2.05) is 20.0 Å². The molecule has 1 aromatic rings. The zero-order chi connectivity index (χ0) is 25.8. The fourth-order valence-corrected chi connectivity index (χ4v) is 4.34. The Morgan fingerprint density at radius 3 is 1.88 bits per heavy atom. The third-order valence-corrected chi connectivity index (χ3v) is 5.93. The van der Waals surface area contributed by atoms with E-state index in [-0.39, 0.29) is 29.8 Å². The summed E-state index contributed by atoms with van der Waals surface area (Å²) in [5.74, 6) is 0. The molecule has 3 atom stereocenters. The van der Waals surface area contributed by atoms with E-state index in [2.05, 4.69) is 0 Å². The highest BCUT2D eigenvalue weighted by Gasteiger charge is 2.41. The molecule has 34 heavy (non-hydrogen) atoms. The van der Waals surface area contributed by atoms with Gasteiger partial charge in [0.15, 0.2) is 6.19 Å². The van der Waals surface area contributed by atoms with Crippen LogP contribution in [-0.2, 0) is 23.6 Å². The predicted octanol–water partition coefficient (Wildman–Crippen LogP) is 6.57. The van der Waals surface area contributed by atoms with Gasteiger partial charge in [-0.3, -0.25) is 0 Å². The highest BCUT2D eigenvalue weighted by molar-refractivity contribution is 5.69. The number of rotatable bonds is 6. The minimum Gasteiger partial charge on any atom is -0.447 e. The largest absolute Gasteiger partial charge is 0.447 e. The molecule has 1 amide bonds. The van der Waals surface area contributed by atoms with Crippen LogP contribution in [0.5, 0.6) is 0 Å².